The van der Waals surface area contributed by atoms with Crippen LogP contribution in [0.25, 0.3) is 0 Å². The Bertz CT molecular complexity index is 1450. The number of aryl methyl sites for hydroxylation is 2. The van der Waals surface area contributed by atoms with E-state index in [0.717, 1.165) is 51.2 Å². The van der Waals surface area contributed by atoms with E-state index in [1.54, 1.807) is 16.7 Å². The first-order chi connectivity index (χ1) is 17.8. The van der Waals surface area contributed by atoms with Crippen molar-refractivity contribution in [3.05, 3.63) is 86.7 Å². The molecular formula is C29H29ClN4OS2. The van der Waals surface area contributed by atoms with Crippen LogP contribution >= 0.6 is 35.1 Å². The Balaban J connectivity index is 1.59. The Morgan fingerprint density at radius 3 is 2.46 bits per heavy atom. The van der Waals surface area contributed by atoms with Gasteiger partial charge in [-0.15, -0.1) is 0 Å². The van der Waals surface area contributed by atoms with Crippen molar-refractivity contribution >= 4 is 68.9 Å². The number of hydrogen-bond donors (Lipinski definition) is 0. The number of rotatable bonds is 5. The third-order valence-corrected chi connectivity index (χ3v) is 9.18. The molecule has 0 unspecified atom stereocenters. The standard InChI is InChI=1S/C29H29ClN4OS2/c1-6-33(7-2)21-12-13-23(19(4)16-21)31-29-34(22-10-8-9-18(3)15-22)27(35)26(37-29)28-32(5)24-17-20(30)11-14-25(24)36-28/h8-17H,6-7H2,1-5H3. The van der Waals surface area contributed by atoms with Crippen LogP contribution in [0.3, 0.4) is 0 Å². The van der Waals surface area contributed by atoms with Gasteiger partial charge in [0.1, 0.15) is 4.91 Å². The van der Waals surface area contributed by atoms with E-state index in [4.69, 9.17) is 16.6 Å². The second kappa shape index (κ2) is 10.5. The van der Waals surface area contributed by atoms with E-state index in [1.165, 1.54) is 17.4 Å². The molecule has 3 aromatic carbocycles. The summed E-state index contributed by atoms with van der Waals surface area (Å²) in [6.07, 6.45) is 0. The highest BCUT2D eigenvalue weighted by Gasteiger charge is 2.40. The number of carbonyl (C=O) groups excluding carboxylic acids is 1. The summed E-state index contributed by atoms with van der Waals surface area (Å²) in [5, 5.41) is 2.22. The first-order valence-electron chi connectivity index (χ1n) is 12.3. The van der Waals surface area contributed by atoms with Crippen LogP contribution in [0.5, 0.6) is 0 Å². The van der Waals surface area contributed by atoms with E-state index in [1.807, 2.05) is 61.3 Å². The van der Waals surface area contributed by atoms with E-state index in [9.17, 15) is 4.79 Å². The van der Waals surface area contributed by atoms with E-state index in [2.05, 4.69) is 43.9 Å². The van der Waals surface area contributed by atoms with Gasteiger partial charge in [0, 0.05) is 35.7 Å². The lowest BCUT2D eigenvalue weighted by molar-refractivity contribution is -0.113. The van der Waals surface area contributed by atoms with Crippen molar-refractivity contribution in [1.82, 2.24) is 0 Å². The highest BCUT2D eigenvalue weighted by Crippen LogP contribution is 2.51. The number of nitrogens with zero attached hydrogens (tertiary/aromatic N) is 4. The summed E-state index contributed by atoms with van der Waals surface area (Å²) in [5.74, 6) is -0.0694. The Labute approximate surface area is 232 Å². The molecule has 0 aliphatic carbocycles. The monoisotopic (exact) mass is 548 g/mol. The second-order valence-corrected chi connectivity index (χ2v) is 11.5. The Kier molecular flexibility index (Phi) is 7.30. The molecule has 0 spiro atoms. The molecule has 2 aliphatic rings. The molecule has 5 rings (SSSR count). The molecular weight excluding hydrogens is 520 g/mol. The highest BCUT2D eigenvalue weighted by atomic mass is 35.5. The summed E-state index contributed by atoms with van der Waals surface area (Å²) in [4.78, 5) is 26.9. The number of hydrogen-bond acceptors (Lipinski definition) is 6. The van der Waals surface area contributed by atoms with Gasteiger partial charge >= 0.3 is 0 Å². The van der Waals surface area contributed by atoms with Gasteiger partial charge in [0.2, 0.25) is 0 Å². The summed E-state index contributed by atoms with van der Waals surface area (Å²) in [6, 6.07) is 20.2. The van der Waals surface area contributed by atoms with Crippen LogP contribution < -0.4 is 14.7 Å². The number of amides is 1. The average molecular weight is 549 g/mol. The minimum Gasteiger partial charge on any atom is -0.372 e. The molecule has 0 atom stereocenters. The van der Waals surface area contributed by atoms with Gasteiger partial charge in [0.15, 0.2) is 5.17 Å². The molecule has 0 radical (unpaired) electrons. The second-order valence-electron chi connectivity index (χ2n) is 9.03. The van der Waals surface area contributed by atoms with Crippen LogP contribution in [0.2, 0.25) is 5.02 Å². The maximum absolute atomic E-state index is 14.0. The number of thioether (sulfide) groups is 2. The highest BCUT2D eigenvalue weighted by molar-refractivity contribution is 8.20. The van der Waals surface area contributed by atoms with E-state index in [0.29, 0.717) is 15.1 Å². The smallest absolute Gasteiger partial charge is 0.274 e. The number of anilines is 3. The van der Waals surface area contributed by atoms with Gasteiger partial charge < -0.3 is 9.80 Å². The Morgan fingerprint density at radius 1 is 0.973 bits per heavy atom. The van der Waals surface area contributed by atoms with Gasteiger partial charge in [-0.05, 0) is 99.1 Å². The fraction of sp³-hybridized carbons (Fsp3) is 0.241. The number of halogens is 1. The van der Waals surface area contributed by atoms with Gasteiger partial charge in [-0.2, -0.15) is 0 Å². The lowest BCUT2D eigenvalue weighted by atomic mass is 10.1. The molecule has 190 valence electrons. The largest absolute Gasteiger partial charge is 0.372 e. The minimum absolute atomic E-state index is 0.0694. The molecule has 1 fully saturated rings. The first kappa shape index (κ1) is 25.8. The molecule has 8 heteroatoms. The molecule has 0 saturated carbocycles. The molecule has 3 aromatic rings. The van der Waals surface area contributed by atoms with Gasteiger partial charge in [-0.1, -0.05) is 35.5 Å². The summed E-state index contributed by atoms with van der Waals surface area (Å²) >= 11 is 9.29. The lowest BCUT2D eigenvalue weighted by Crippen LogP contribution is -2.29. The maximum Gasteiger partial charge on any atom is 0.274 e. The van der Waals surface area contributed by atoms with Crippen molar-refractivity contribution < 1.29 is 4.79 Å². The fourth-order valence-corrected chi connectivity index (χ4v) is 7.03. The van der Waals surface area contributed by atoms with Crippen LogP contribution in [0, 0.1) is 13.8 Å². The maximum atomic E-state index is 14.0. The van der Waals surface area contributed by atoms with Crippen LogP contribution in [0.4, 0.5) is 22.7 Å². The number of aliphatic imine (C=N–C) groups is 1. The van der Waals surface area contributed by atoms with E-state index < -0.39 is 0 Å². The topological polar surface area (TPSA) is 39.1 Å². The van der Waals surface area contributed by atoms with Crippen molar-refractivity contribution in [1.29, 1.82) is 0 Å². The molecule has 37 heavy (non-hydrogen) atoms. The first-order valence-corrected chi connectivity index (χ1v) is 14.3. The Morgan fingerprint density at radius 2 is 1.76 bits per heavy atom. The number of amidine groups is 1. The molecule has 0 aromatic heterocycles. The summed E-state index contributed by atoms with van der Waals surface area (Å²) in [5.41, 5.74) is 6.02. The van der Waals surface area contributed by atoms with Crippen molar-refractivity contribution in [2.24, 2.45) is 4.99 Å². The predicted molar refractivity (Wildman–Crippen MR) is 161 cm³/mol. The minimum atomic E-state index is -0.0694. The fourth-order valence-electron chi connectivity index (χ4n) is 4.54. The quantitative estimate of drug-likeness (QED) is 0.302. The average Bonchev–Trinajstić information content (AvgIpc) is 3.37. The van der Waals surface area contributed by atoms with Crippen molar-refractivity contribution in [3.63, 3.8) is 0 Å². The normalized spacial score (nSPS) is 18.2. The summed E-state index contributed by atoms with van der Waals surface area (Å²) < 4.78 is 0. The SMILES string of the molecule is CCN(CC)c1ccc(N=C2SC(=C3Sc4ccc(Cl)cc4N3C)C(=O)N2c2cccc(C)c2)c(C)c1. The van der Waals surface area contributed by atoms with E-state index >= 15 is 0 Å². The zero-order chi connectivity index (χ0) is 26.3. The van der Waals surface area contributed by atoms with Crippen molar-refractivity contribution in [2.45, 2.75) is 32.6 Å². The van der Waals surface area contributed by atoms with Gasteiger partial charge in [-0.3, -0.25) is 9.69 Å². The predicted octanol–water partition coefficient (Wildman–Crippen LogP) is 7.98. The van der Waals surface area contributed by atoms with Crippen molar-refractivity contribution in [3.8, 4) is 0 Å². The van der Waals surface area contributed by atoms with Crippen molar-refractivity contribution in [2.75, 3.05) is 34.8 Å². The third kappa shape index (κ3) is 4.88. The van der Waals surface area contributed by atoms with Gasteiger partial charge in [-0.25, -0.2) is 4.99 Å². The van der Waals surface area contributed by atoms with Gasteiger partial charge in [0.05, 0.1) is 22.1 Å². The van der Waals surface area contributed by atoms with Crippen LogP contribution in [0.15, 0.2) is 80.5 Å². The van der Waals surface area contributed by atoms with E-state index in [-0.39, 0.29) is 5.91 Å². The Hall–Kier alpha value is -2.87. The number of fused-ring (bicyclic) bond motifs is 1. The molecule has 0 bridgehead atoms. The molecule has 0 N–H and O–H groups in total. The molecule has 1 saturated heterocycles. The van der Waals surface area contributed by atoms with Gasteiger partial charge in [0.25, 0.3) is 5.91 Å². The number of carbonyl (C=O) groups is 1. The molecule has 2 heterocycles. The molecule has 1 amide bonds. The summed E-state index contributed by atoms with van der Waals surface area (Å²) in [7, 11) is 1.98. The molecule has 2 aliphatic heterocycles. The van der Waals surface area contributed by atoms with Crippen LogP contribution in [-0.4, -0.2) is 31.2 Å². The lowest BCUT2D eigenvalue weighted by Gasteiger charge is -2.22. The zero-order valence-corrected chi connectivity index (χ0v) is 24.0. The van der Waals surface area contributed by atoms with Crippen LogP contribution in [0.1, 0.15) is 25.0 Å². The zero-order valence-electron chi connectivity index (χ0n) is 21.6. The number of benzene rings is 3. The summed E-state index contributed by atoms with van der Waals surface area (Å²) in [6.45, 7) is 10.3. The van der Waals surface area contributed by atoms with Crippen LogP contribution in [-0.2, 0) is 4.79 Å². The third-order valence-electron chi connectivity index (χ3n) is 6.55. The molecule has 5 nitrogen and oxygen atoms in total.